The summed E-state index contributed by atoms with van der Waals surface area (Å²) in [6.45, 7) is 9.23. The van der Waals surface area contributed by atoms with Gasteiger partial charge in [0.2, 0.25) is 6.79 Å². The fraction of sp³-hybridized carbons (Fsp3) is 0.409. The van der Waals surface area contributed by atoms with Crippen LogP contribution >= 0.6 is 11.6 Å². The molecule has 0 radical (unpaired) electrons. The van der Waals surface area contributed by atoms with E-state index in [1.165, 1.54) is 15.4 Å². The van der Waals surface area contributed by atoms with Crippen LogP contribution in [0.5, 0.6) is 11.5 Å². The van der Waals surface area contributed by atoms with Gasteiger partial charge < -0.3 is 24.6 Å². The predicted molar refractivity (Wildman–Crippen MR) is 112 cm³/mol. The molecule has 154 valence electrons. The average Bonchev–Trinajstić information content (AvgIpc) is 3.19. The Morgan fingerprint density at radius 1 is 1.14 bits per heavy atom. The van der Waals surface area contributed by atoms with Gasteiger partial charge in [0.25, 0.3) is 5.91 Å². The van der Waals surface area contributed by atoms with E-state index in [2.05, 4.69) is 17.4 Å². The lowest BCUT2D eigenvalue weighted by atomic mass is 10.1. The van der Waals surface area contributed by atoms with E-state index in [1.54, 1.807) is 0 Å². The van der Waals surface area contributed by atoms with Crippen LogP contribution in [0, 0.1) is 6.92 Å². The minimum atomic E-state index is -0.0968. The maximum absolute atomic E-state index is 12.7. The van der Waals surface area contributed by atoms with Gasteiger partial charge in [0.1, 0.15) is 32.7 Å². The lowest BCUT2D eigenvalue weighted by molar-refractivity contribution is -1.02. The van der Waals surface area contributed by atoms with Crippen LogP contribution in [-0.4, -0.2) is 44.9 Å². The summed E-state index contributed by atoms with van der Waals surface area (Å²) in [5, 5.41) is 3.72. The van der Waals surface area contributed by atoms with Gasteiger partial charge >= 0.3 is 0 Å². The summed E-state index contributed by atoms with van der Waals surface area (Å²) in [6, 6.07) is 11.7. The molecule has 2 aliphatic heterocycles. The monoisotopic (exact) mass is 417 g/mol. The first-order valence-electron chi connectivity index (χ1n) is 10.1. The molecular formula is C22H28ClN3O3+2. The molecule has 29 heavy (non-hydrogen) atoms. The van der Waals surface area contributed by atoms with Gasteiger partial charge in [-0.3, -0.25) is 4.79 Å². The van der Waals surface area contributed by atoms with Crippen LogP contribution in [0.15, 0.2) is 36.4 Å². The number of nitrogens with one attached hydrogen (secondary N) is 3. The van der Waals surface area contributed by atoms with Crippen LogP contribution in [0.25, 0.3) is 0 Å². The Kier molecular flexibility index (Phi) is 5.94. The number of benzene rings is 2. The number of fused-ring (bicyclic) bond motifs is 1. The fourth-order valence-corrected chi connectivity index (χ4v) is 4.22. The van der Waals surface area contributed by atoms with Gasteiger partial charge in [-0.25, -0.2) is 0 Å². The second kappa shape index (κ2) is 8.61. The molecule has 2 aromatic rings. The van der Waals surface area contributed by atoms with Crippen LogP contribution in [-0.2, 0) is 11.3 Å². The van der Waals surface area contributed by atoms with Crippen molar-refractivity contribution < 1.29 is 24.1 Å². The Morgan fingerprint density at radius 2 is 1.90 bits per heavy atom. The van der Waals surface area contributed by atoms with Crippen molar-refractivity contribution in [2.45, 2.75) is 26.4 Å². The third kappa shape index (κ3) is 4.50. The van der Waals surface area contributed by atoms with Crippen molar-refractivity contribution in [2.24, 2.45) is 0 Å². The first-order valence-corrected chi connectivity index (χ1v) is 10.5. The number of amides is 1. The van der Waals surface area contributed by atoms with Gasteiger partial charge in [-0.15, -0.1) is 0 Å². The third-order valence-corrected chi connectivity index (χ3v) is 6.43. The number of halogens is 1. The van der Waals surface area contributed by atoms with Crippen LogP contribution < -0.4 is 24.6 Å². The average molecular weight is 418 g/mol. The number of carbonyl (C=O) groups excluding carboxylic acids is 1. The van der Waals surface area contributed by atoms with E-state index in [1.807, 2.05) is 38.1 Å². The zero-order chi connectivity index (χ0) is 20.4. The summed E-state index contributed by atoms with van der Waals surface area (Å²) in [4.78, 5) is 15.6. The van der Waals surface area contributed by atoms with E-state index in [0.29, 0.717) is 11.8 Å². The van der Waals surface area contributed by atoms with Crippen molar-refractivity contribution in [1.82, 2.24) is 0 Å². The first-order chi connectivity index (χ1) is 14.0. The molecule has 2 heterocycles. The molecule has 2 aliphatic rings. The minimum Gasteiger partial charge on any atom is -0.454 e. The van der Waals surface area contributed by atoms with Gasteiger partial charge in [-0.05, 0) is 49.7 Å². The highest BCUT2D eigenvalue weighted by atomic mass is 35.5. The Labute approximate surface area is 176 Å². The van der Waals surface area contributed by atoms with Crippen LogP contribution in [0.3, 0.4) is 0 Å². The molecule has 1 fully saturated rings. The van der Waals surface area contributed by atoms with Crippen LogP contribution in [0.4, 0.5) is 5.69 Å². The summed E-state index contributed by atoms with van der Waals surface area (Å²) < 4.78 is 10.9. The van der Waals surface area contributed by atoms with Gasteiger partial charge in [-0.1, -0.05) is 17.7 Å². The summed E-state index contributed by atoms with van der Waals surface area (Å²) in [6.07, 6.45) is 0. The number of quaternary nitrogens is 2. The molecule has 0 spiro atoms. The van der Waals surface area contributed by atoms with E-state index in [-0.39, 0.29) is 11.9 Å². The predicted octanol–water partition coefficient (Wildman–Crippen LogP) is 0.688. The molecule has 2 aromatic carbocycles. The summed E-state index contributed by atoms with van der Waals surface area (Å²) in [5.41, 5.74) is 2.96. The molecule has 3 N–H and O–H groups in total. The number of hydrogen-bond donors (Lipinski definition) is 3. The lowest BCUT2D eigenvalue weighted by Gasteiger charge is -2.32. The first kappa shape index (κ1) is 20.0. The van der Waals surface area contributed by atoms with Gasteiger partial charge in [0.15, 0.2) is 17.5 Å². The van der Waals surface area contributed by atoms with E-state index >= 15 is 0 Å². The molecule has 0 saturated carbocycles. The zero-order valence-electron chi connectivity index (χ0n) is 16.9. The van der Waals surface area contributed by atoms with Crippen LogP contribution in [0.2, 0.25) is 5.02 Å². The zero-order valence-corrected chi connectivity index (χ0v) is 17.6. The Morgan fingerprint density at radius 3 is 2.69 bits per heavy atom. The SMILES string of the molecule is Cc1c(Cl)cccc1NC(=O)[C@H](C)[NH+]1CC[NH+](Cc2ccc3c(c2)OCO3)CC1. The van der Waals surface area contributed by atoms with E-state index < -0.39 is 0 Å². The van der Waals surface area contributed by atoms with Crippen molar-refractivity contribution in [2.75, 3.05) is 38.3 Å². The molecule has 1 saturated heterocycles. The topological polar surface area (TPSA) is 56.4 Å². The highest BCUT2D eigenvalue weighted by Gasteiger charge is 2.31. The van der Waals surface area contributed by atoms with Gasteiger partial charge in [0.05, 0.1) is 0 Å². The molecule has 0 aliphatic carbocycles. The van der Waals surface area contributed by atoms with Crippen molar-refractivity contribution in [3.8, 4) is 11.5 Å². The molecule has 6 nitrogen and oxygen atoms in total. The molecule has 1 atom stereocenters. The normalized spacial score (nSPS) is 21.6. The quantitative estimate of drug-likeness (QED) is 0.671. The standard InChI is InChI=1S/C22H26ClN3O3/c1-15-18(23)4-3-5-19(15)24-22(27)16(2)26-10-8-25(9-11-26)13-17-6-7-20-21(12-17)29-14-28-20/h3-7,12,16H,8-11,13-14H2,1-2H3,(H,24,27)/p+2/t16-/m0/s1. The van der Waals surface area contributed by atoms with E-state index in [4.69, 9.17) is 21.1 Å². The Bertz CT molecular complexity index is 897. The summed E-state index contributed by atoms with van der Waals surface area (Å²) in [5.74, 6) is 1.71. The number of carbonyl (C=O) groups is 1. The van der Waals surface area contributed by atoms with Crippen molar-refractivity contribution in [3.05, 3.63) is 52.5 Å². The number of rotatable bonds is 5. The third-order valence-electron chi connectivity index (χ3n) is 6.02. The molecule has 0 aromatic heterocycles. The Balaban J connectivity index is 1.29. The van der Waals surface area contributed by atoms with Crippen LogP contribution in [0.1, 0.15) is 18.1 Å². The molecular weight excluding hydrogens is 390 g/mol. The number of ether oxygens (including phenoxy) is 2. The largest absolute Gasteiger partial charge is 0.454 e. The van der Waals surface area contributed by atoms with Crippen molar-refractivity contribution in [3.63, 3.8) is 0 Å². The maximum Gasteiger partial charge on any atom is 0.282 e. The second-order valence-electron chi connectivity index (χ2n) is 7.90. The van der Waals surface area contributed by atoms with Gasteiger partial charge in [-0.2, -0.15) is 0 Å². The molecule has 0 bridgehead atoms. The molecule has 1 amide bonds. The van der Waals surface area contributed by atoms with Crippen molar-refractivity contribution >= 4 is 23.2 Å². The smallest absolute Gasteiger partial charge is 0.282 e. The summed E-state index contributed by atoms with van der Waals surface area (Å²) in [7, 11) is 0. The number of hydrogen-bond acceptors (Lipinski definition) is 3. The highest BCUT2D eigenvalue weighted by molar-refractivity contribution is 6.31. The molecule has 4 rings (SSSR count). The highest BCUT2D eigenvalue weighted by Crippen LogP contribution is 2.32. The fourth-order valence-electron chi connectivity index (χ4n) is 4.04. The summed E-state index contributed by atoms with van der Waals surface area (Å²) >= 11 is 6.17. The minimum absolute atomic E-state index is 0.0459. The number of piperazine rings is 1. The Hall–Kier alpha value is -2.28. The van der Waals surface area contributed by atoms with E-state index in [0.717, 1.165) is 55.5 Å². The second-order valence-corrected chi connectivity index (χ2v) is 8.30. The van der Waals surface area contributed by atoms with Gasteiger partial charge in [0, 0.05) is 16.3 Å². The molecule has 7 heteroatoms. The maximum atomic E-state index is 12.7. The van der Waals surface area contributed by atoms with Crippen molar-refractivity contribution in [1.29, 1.82) is 0 Å². The molecule has 0 unspecified atom stereocenters. The number of anilines is 1. The van der Waals surface area contributed by atoms with E-state index in [9.17, 15) is 4.79 Å². The lowest BCUT2D eigenvalue weighted by Crippen LogP contribution is -3.29.